The Morgan fingerprint density at radius 2 is 1.00 bits per heavy atom. The maximum Gasteiger partial charge on any atom is 0.186 e. The number of hydrogen-bond acceptors (Lipinski definition) is 4. The molecule has 0 N–H and O–H groups in total. The zero-order chi connectivity index (χ0) is 30.2. The van der Waals surface area contributed by atoms with Crippen LogP contribution >= 0.6 is 8.58 Å². The van der Waals surface area contributed by atoms with E-state index in [1.165, 1.54) is 5.56 Å². The molecule has 0 spiro atoms. The van der Waals surface area contributed by atoms with Crippen molar-refractivity contribution in [3.8, 4) is 17.2 Å². The number of aryl methyl sites for hydroxylation is 2. The molecule has 218 valence electrons. The Bertz CT molecular complexity index is 1620. The molecule has 43 heavy (non-hydrogen) atoms. The van der Waals surface area contributed by atoms with Gasteiger partial charge in [0.1, 0.15) is 37.1 Å². The molecule has 0 radical (unpaired) electrons. The van der Waals surface area contributed by atoms with Gasteiger partial charge in [0.05, 0.1) is 5.30 Å². The van der Waals surface area contributed by atoms with Crippen LogP contribution in [0, 0.1) is 27.7 Å². The number of carbonyl (C=O) groups excluding carboxylic acids is 1. The van der Waals surface area contributed by atoms with E-state index in [0.29, 0.717) is 37.1 Å². The minimum atomic E-state index is -0.199. The first-order valence-electron chi connectivity index (χ1n) is 14.5. The van der Waals surface area contributed by atoms with Gasteiger partial charge in [-0.1, -0.05) is 97.1 Å². The number of ether oxygens (including phenoxy) is 3. The first-order chi connectivity index (χ1) is 20.9. The van der Waals surface area contributed by atoms with E-state index in [0.717, 1.165) is 44.2 Å². The Morgan fingerprint density at radius 1 is 0.558 bits per heavy atom. The Labute approximate surface area is 256 Å². The fourth-order valence-corrected chi connectivity index (χ4v) is 6.29. The van der Waals surface area contributed by atoms with Gasteiger partial charge in [-0.3, -0.25) is 4.79 Å². The highest BCUT2D eigenvalue weighted by molar-refractivity contribution is 7.66. The predicted octanol–water partition coefficient (Wildman–Crippen LogP) is 8.80. The van der Waals surface area contributed by atoms with E-state index in [2.05, 4.69) is 19.9 Å². The molecule has 4 nitrogen and oxygen atoms in total. The molecule has 1 unspecified atom stereocenters. The van der Waals surface area contributed by atoms with Gasteiger partial charge in [0, 0.05) is 17.7 Å². The van der Waals surface area contributed by atoms with Gasteiger partial charge in [-0.25, -0.2) is 0 Å². The van der Waals surface area contributed by atoms with Crippen molar-refractivity contribution in [1.29, 1.82) is 0 Å². The molecule has 0 saturated carbocycles. The zero-order valence-corrected chi connectivity index (χ0v) is 26.1. The van der Waals surface area contributed by atoms with Gasteiger partial charge >= 0.3 is 0 Å². The van der Waals surface area contributed by atoms with Crippen LogP contribution in [0.1, 0.15) is 49.3 Å². The van der Waals surface area contributed by atoms with Crippen LogP contribution in [0.15, 0.2) is 109 Å². The highest BCUT2D eigenvalue weighted by atomic mass is 31.1. The SMILES string of the molecule is Cc1cc(C)c(C(=O)Pc2c(OCc3ccccc3)cc(OCc3ccccc3)cc2OCc2ccccc2)c(C)c1C. The lowest BCUT2D eigenvalue weighted by Gasteiger charge is -2.20. The largest absolute Gasteiger partial charge is 0.489 e. The molecule has 0 aromatic heterocycles. The van der Waals surface area contributed by atoms with Gasteiger partial charge in [-0.05, 0) is 75.2 Å². The maximum atomic E-state index is 14.0. The van der Waals surface area contributed by atoms with Gasteiger partial charge in [-0.2, -0.15) is 0 Å². The first kappa shape index (κ1) is 30.1. The second-order valence-electron chi connectivity index (χ2n) is 10.7. The third kappa shape index (κ3) is 7.71. The number of hydrogen-bond donors (Lipinski definition) is 0. The van der Waals surface area contributed by atoms with Crippen LogP contribution in [0.4, 0.5) is 0 Å². The maximum absolute atomic E-state index is 14.0. The fraction of sp³-hybridized carbons (Fsp3) is 0.184. The van der Waals surface area contributed by atoms with Crippen molar-refractivity contribution in [2.75, 3.05) is 0 Å². The molecule has 5 aromatic rings. The summed E-state index contributed by atoms with van der Waals surface area (Å²) in [6.07, 6.45) is 0. The van der Waals surface area contributed by atoms with Gasteiger partial charge in [0.2, 0.25) is 0 Å². The Balaban J connectivity index is 1.54. The molecule has 0 aliphatic heterocycles. The molecule has 0 amide bonds. The fourth-order valence-electron chi connectivity index (χ4n) is 5.02. The van der Waals surface area contributed by atoms with E-state index in [-0.39, 0.29) is 14.1 Å². The number of benzene rings is 5. The minimum absolute atomic E-state index is 0.0603. The van der Waals surface area contributed by atoms with Gasteiger partial charge in [0.15, 0.2) is 5.52 Å². The zero-order valence-electron chi connectivity index (χ0n) is 25.1. The molecule has 5 rings (SSSR count). The summed E-state index contributed by atoms with van der Waals surface area (Å²) in [5.41, 5.74) is 8.30. The molecule has 0 heterocycles. The van der Waals surface area contributed by atoms with E-state index in [9.17, 15) is 4.79 Å². The summed E-state index contributed by atoms with van der Waals surface area (Å²) in [5.74, 6) is 1.79. The molecular formula is C38H37O4P. The molecule has 5 heteroatoms. The van der Waals surface area contributed by atoms with E-state index >= 15 is 0 Å². The highest BCUT2D eigenvalue weighted by Gasteiger charge is 2.22. The predicted molar refractivity (Wildman–Crippen MR) is 176 cm³/mol. The van der Waals surface area contributed by atoms with E-state index < -0.39 is 0 Å². The molecule has 5 aromatic carbocycles. The summed E-state index contributed by atoms with van der Waals surface area (Å²) in [6.45, 7) is 9.32. The summed E-state index contributed by atoms with van der Waals surface area (Å²) >= 11 is 0. The van der Waals surface area contributed by atoms with Crippen molar-refractivity contribution < 1.29 is 19.0 Å². The molecule has 0 bridgehead atoms. The standard InChI is InChI=1S/C38H37O4P/c1-26-20-27(2)36(29(4)28(26)3)38(39)43-37-34(41-24-31-16-10-6-11-17-31)21-33(40-23-30-14-8-5-9-15-30)22-35(37)42-25-32-18-12-7-13-19-32/h5-22,43H,23-25H2,1-4H3. The van der Waals surface area contributed by atoms with Crippen LogP contribution in [0.3, 0.4) is 0 Å². The minimum Gasteiger partial charge on any atom is -0.489 e. The van der Waals surface area contributed by atoms with Crippen LogP contribution in [0.2, 0.25) is 0 Å². The van der Waals surface area contributed by atoms with Crippen molar-refractivity contribution >= 4 is 19.4 Å². The lowest BCUT2D eigenvalue weighted by molar-refractivity contribution is 0.108. The summed E-state index contributed by atoms with van der Waals surface area (Å²) in [4.78, 5) is 14.0. The Hall–Kier alpha value is -4.40. The summed E-state index contributed by atoms with van der Waals surface area (Å²) in [6, 6.07) is 35.9. The topological polar surface area (TPSA) is 44.8 Å². The number of rotatable bonds is 12. The third-order valence-corrected chi connectivity index (χ3v) is 8.80. The molecule has 1 atom stereocenters. The Kier molecular flexibility index (Phi) is 9.92. The smallest absolute Gasteiger partial charge is 0.186 e. The van der Waals surface area contributed by atoms with Gasteiger partial charge in [-0.15, -0.1) is 0 Å². The van der Waals surface area contributed by atoms with Crippen molar-refractivity contribution in [2.24, 2.45) is 0 Å². The average Bonchev–Trinajstić information content (AvgIpc) is 3.03. The molecule has 0 saturated heterocycles. The number of carbonyl (C=O) groups is 1. The average molecular weight is 589 g/mol. The lowest BCUT2D eigenvalue weighted by Crippen LogP contribution is -2.14. The second-order valence-corrected chi connectivity index (χ2v) is 11.9. The first-order valence-corrected chi connectivity index (χ1v) is 15.5. The quantitative estimate of drug-likeness (QED) is 0.137. The van der Waals surface area contributed by atoms with Crippen LogP contribution in [-0.2, 0) is 19.8 Å². The van der Waals surface area contributed by atoms with Gasteiger partial charge in [0.25, 0.3) is 0 Å². The second kappa shape index (κ2) is 14.2. The molecule has 0 aliphatic carbocycles. The van der Waals surface area contributed by atoms with E-state index in [1.54, 1.807) is 0 Å². The van der Waals surface area contributed by atoms with Crippen molar-refractivity contribution in [3.05, 3.63) is 154 Å². The monoisotopic (exact) mass is 588 g/mol. The van der Waals surface area contributed by atoms with Crippen molar-refractivity contribution in [1.82, 2.24) is 0 Å². The molecule has 0 aliphatic rings. The normalized spacial score (nSPS) is 11.1. The van der Waals surface area contributed by atoms with Crippen LogP contribution in [0.5, 0.6) is 17.2 Å². The van der Waals surface area contributed by atoms with Crippen LogP contribution in [0.25, 0.3) is 0 Å². The molecule has 0 fully saturated rings. The Morgan fingerprint density at radius 3 is 1.47 bits per heavy atom. The highest BCUT2D eigenvalue weighted by Crippen LogP contribution is 2.37. The van der Waals surface area contributed by atoms with Crippen LogP contribution < -0.4 is 19.5 Å². The molecular weight excluding hydrogens is 551 g/mol. The lowest BCUT2D eigenvalue weighted by atomic mass is 9.95. The van der Waals surface area contributed by atoms with E-state index in [1.807, 2.05) is 117 Å². The third-order valence-electron chi connectivity index (χ3n) is 7.58. The summed E-state index contributed by atoms with van der Waals surface area (Å²) in [5, 5.41) is 0.737. The van der Waals surface area contributed by atoms with Crippen LogP contribution in [-0.4, -0.2) is 5.52 Å². The summed E-state index contributed by atoms with van der Waals surface area (Å²) < 4.78 is 19.1. The van der Waals surface area contributed by atoms with Crippen molar-refractivity contribution in [2.45, 2.75) is 47.5 Å². The van der Waals surface area contributed by atoms with E-state index in [4.69, 9.17) is 14.2 Å². The summed E-state index contributed by atoms with van der Waals surface area (Å²) in [7, 11) is -0.199. The van der Waals surface area contributed by atoms with Crippen molar-refractivity contribution in [3.63, 3.8) is 0 Å². The van der Waals surface area contributed by atoms with Gasteiger partial charge < -0.3 is 14.2 Å².